The van der Waals surface area contributed by atoms with E-state index in [1.54, 1.807) is 31.4 Å². The molecule has 1 heterocycles. The summed E-state index contributed by atoms with van der Waals surface area (Å²) in [4.78, 5) is 13.3. The van der Waals surface area contributed by atoms with Gasteiger partial charge in [0.05, 0.1) is 25.3 Å². The molecule has 5 nitrogen and oxygen atoms in total. The van der Waals surface area contributed by atoms with Gasteiger partial charge in [0, 0.05) is 20.7 Å². The standard InChI is InChI=1S/C11H18N2O3.ClH/c1-13(8-9-4-3-5-16-9)11(14)6-10(7-12)15-2;/h3-5,10H,6-8,12H2,1-2H3;1H. The molecule has 1 atom stereocenters. The quantitative estimate of drug-likeness (QED) is 0.831. The third-order valence-electron chi connectivity index (χ3n) is 2.40. The van der Waals surface area contributed by atoms with E-state index >= 15 is 0 Å². The fourth-order valence-electron chi connectivity index (χ4n) is 1.34. The zero-order valence-corrected chi connectivity index (χ0v) is 10.9. The van der Waals surface area contributed by atoms with Crippen molar-refractivity contribution < 1.29 is 13.9 Å². The molecule has 17 heavy (non-hydrogen) atoms. The van der Waals surface area contributed by atoms with Gasteiger partial charge in [-0.2, -0.15) is 0 Å². The number of rotatable bonds is 6. The molecule has 2 N–H and O–H groups in total. The number of furan rings is 1. The lowest BCUT2D eigenvalue weighted by Crippen LogP contribution is -2.33. The number of halogens is 1. The molecule has 0 saturated carbocycles. The second-order valence-corrected chi connectivity index (χ2v) is 3.63. The molecule has 0 aliphatic heterocycles. The largest absolute Gasteiger partial charge is 0.467 e. The van der Waals surface area contributed by atoms with Gasteiger partial charge in [-0.3, -0.25) is 4.79 Å². The molecule has 0 aliphatic carbocycles. The molecule has 0 aromatic carbocycles. The lowest BCUT2D eigenvalue weighted by atomic mass is 10.2. The summed E-state index contributed by atoms with van der Waals surface area (Å²) in [5.41, 5.74) is 5.45. The molecule has 98 valence electrons. The van der Waals surface area contributed by atoms with E-state index in [0.717, 1.165) is 5.76 Å². The number of ether oxygens (including phenoxy) is 1. The van der Waals surface area contributed by atoms with Gasteiger partial charge in [0.15, 0.2) is 0 Å². The Labute approximate surface area is 107 Å². The number of carbonyl (C=O) groups excluding carboxylic acids is 1. The molecule has 0 aliphatic rings. The number of carbonyl (C=O) groups is 1. The van der Waals surface area contributed by atoms with Gasteiger partial charge in [-0.25, -0.2) is 0 Å². The van der Waals surface area contributed by atoms with E-state index in [-0.39, 0.29) is 24.4 Å². The van der Waals surface area contributed by atoms with Gasteiger partial charge in [0.2, 0.25) is 5.91 Å². The fraction of sp³-hybridized carbons (Fsp3) is 0.545. The highest BCUT2D eigenvalue weighted by Crippen LogP contribution is 2.06. The van der Waals surface area contributed by atoms with Gasteiger partial charge >= 0.3 is 0 Å². The molecule has 1 amide bonds. The van der Waals surface area contributed by atoms with Crippen molar-refractivity contribution in [2.45, 2.75) is 19.1 Å². The lowest BCUT2D eigenvalue weighted by Gasteiger charge is -2.19. The molecule has 1 aromatic rings. The van der Waals surface area contributed by atoms with E-state index in [9.17, 15) is 4.79 Å². The maximum atomic E-state index is 11.7. The zero-order valence-electron chi connectivity index (χ0n) is 10.1. The van der Waals surface area contributed by atoms with Crippen molar-refractivity contribution in [1.82, 2.24) is 4.90 Å². The van der Waals surface area contributed by atoms with Gasteiger partial charge in [-0.05, 0) is 12.1 Å². The highest BCUT2D eigenvalue weighted by atomic mass is 35.5. The monoisotopic (exact) mass is 262 g/mol. The molecular weight excluding hydrogens is 244 g/mol. The van der Waals surface area contributed by atoms with Crippen molar-refractivity contribution in [3.05, 3.63) is 24.2 Å². The van der Waals surface area contributed by atoms with Crippen LogP contribution in [0.25, 0.3) is 0 Å². The van der Waals surface area contributed by atoms with Crippen LogP contribution in [0.5, 0.6) is 0 Å². The van der Waals surface area contributed by atoms with Crippen LogP contribution in [0.15, 0.2) is 22.8 Å². The van der Waals surface area contributed by atoms with E-state index in [4.69, 9.17) is 14.9 Å². The second-order valence-electron chi connectivity index (χ2n) is 3.63. The minimum Gasteiger partial charge on any atom is -0.467 e. The number of nitrogens with two attached hydrogens (primary N) is 1. The summed E-state index contributed by atoms with van der Waals surface area (Å²) in [6.45, 7) is 0.809. The molecule has 1 unspecified atom stereocenters. The Morgan fingerprint density at radius 3 is 2.82 bits per heavy atom. The maximum absolute atomic E-state index is 11.7. The van der Waals surface area contributed by atoms with Crippen LogP contribution in [0, 0.1) is 0 Å². The first kappa shape index (κ1) is 16.0. The van der Waals surface area contributed by atoms with Crippen LogP contribution >= 0.6 is 12.4 Å². The van der Waals surface area contributed by atoms with Crippen molar-refractivity contribution in [1.29, 1.82) is 0 Å². The number of methoxy groups -OCH3 is 1. The SMILES string of the molecule is COC(CN)CC(=O)N(C)Cc1ccco1.Cl. The van der Waals surface area contributed by atoms with E-state index in [2.05, 4.69) is 0 Å². The van der Waals surface area contributed by atoms with Crippen LogP contribution < -0.4 is 5.73 Å². The number of amides is 1. The lowest BCUT2D eigenvalue weighted by molar-refractivity contribution is -0.133. The van der Waals surface area contributed by atoms with E-state index in [0.29, 0.717) is 19.5 Å². The van der Waals surface area contributed by atoms with Crippen molar-refractivity contribution >= 4 is 18.3 Å². The number of hydrogen-bond donors (Lipinski definition) is 1. The van der Waals surface area contributed by atoms with Crippen LogP contribution in [-0.4, -0.2) is 37.6 Å². The zero-order chi connectivity index (χ0) is 12.0. The Balaban J connectivity index is 0.00000256. The molecule has 0 radical (unpaired) electrons. The minimum absolute atomic E-state index is 0. The summed E-state index contributed by atoms with van der Waals surface area (Å²) in [6.07, 6.45) is 1.67. The topological polar surface area (TPSA) is 68.7 Å². The first-order valence-electron chi connectivity index (χ1n) is 5.16. The van der Waals surface area contributed by atoms with Crippen LogP contribution in [-0.2, 0) is 16.1 Å². The van der Waals surface area contributed by atoms with Crippen molar-refractivity contribution in [2.75, 3.05) is 20.7 Å². The van der Waals surface area contributed by atoms with Gasteiger partial charge in [-0.15, -0.1) is 12.4 Å². The predicted octanol–water partition coefficient (Wildman–Crippen LogP) is 1.02. The molecule has 0 bridgehead atoms. The second kappa shape index (κ2) is 8.11. The van der Waals surface area contributed by atoms with Gasteiger partial charge in [0.25, 0.3) is 0 Å². The van der Waals surface area contributed by atoms with E-state index in [1.807, 2.05) is 6.07 Å². The molecular formula is C11H19ClN2O3. The number of hydrogen-bond acceptors (Lipinski definition) is 4. The minimum atomic E-state index is -0.216. The van der Waals surface area contributed by atoms with E-state index in [1.165, 1.54) is 0 Å². The molecule has 0 spiro atoms. The van der Waals surface area contributed by atoms with E-state index < -0.39 is 0 Å². The van der Waals surface area contributed by atoms with Gasteiger partial charge in [-0.1, -0.05) is 0 Å². The predicted molar refractivity (Wildman–Crippen MR) is 66.9 cm³/mol. The van der Waals surface area contributed by atoms with Crippen LogP contribution in [0.4, 0.5) is 0 Å². The first-order valence-corrected chi connectivity index (χ1v) is 5.16. The number of nitrogens with zero attached hydrogens (tertiary/aromatic N) is 1. The van der Waals surface area contributed by atoms with Crippen molar-refractivity contribution in [3.63, 3.8) is 0 Å². The Hall–Kier alpha value is -1.04. The average molecular weight is 263 g/mol. The highest BCUT2D eigenvalue weighted by molar-refractivity contribution is 5.85. The van der Waals surface area contributed by atoms with Gasteiger partial charge < -0.3 is 19.8 Å². The Morgan fingerprint density at radius 1 is 1.65 bits per heavy atom. The van der Waals surface area contributed by atoms with Crippen LogP contribution in [0.3, 0.4) is 0 Å². The Morgan fingerprint density at radius 2 is 2.35 bits per heavy atom. The summed E-state index contributed by atoms with van der Waals surface area (Å²) in [5.74, 6) is 0.756. The van der Waals surface area contributed by atoms with Crippen LogP contribution in [0.1, 0.15) is 12.2 Å². The van der Waals surface area contributed by atoms with Crippen molar-refractivity contribution in [3.8, 4) is 0 Å². The van der Waals surface area contributed by atoms with Gasteiger partial charge in [0.1, 0.15) is 5.76 Å². The summed E-state index contributed by atoms with van der Waals surface area (Å²) >= 11 is 0. The summed E-state index contributed by atoms with van der Waals surface area (Å²) in [6, 6.07) is 3.63. The maximum Gasteiger partial charge on any atom is 0.225 e. The highest BCUT2D eigenvalue weighted by Gasteiger charge is 2.16. The smallest absolute Gasteiger partial charge is 0.225 e. The molecule has 6 heteroatoms. The summed E-state index contributed by atoms with van der Waals surface area (Å²) in [5, 5.41) is 0. The molecule has 1 aromatic heterocycles. The Kier molecular flexibility index (Phi) is 7.61. The van der Waals surface area contributed by atoms with Crippen molar-refractivity contribution in [2.24, 2.45) is 5.73 Å². The summed E-state index contributed by atoms with van der Waals surface area (Å²) < 4.78 is 10.2. The first-order chi connectivity index (χ1) is 7.67. The third-order valence-corrected chi connectivity index (χ3v) is 2.40. The normalized spacial score (nSPS) is 11.7. The Bertz CT molecular complexity index is 313. The van der Waals surface area contributed by atoms with Crippen LogP contribution in [0.2, 0.25) is 0 Å². The molecule has 0 saturated heterocycles. The fourth-order valence-corrected chi connectivity index (χ4v) is 1.34. The third kappa shape index (κ3) is 5.21. The molecule has 0 fully saturated rings. The summed E-state index contributed by atoms with van der Waals surface area (Å²) in [7, 11) is 3.28. The average Bonchev–Trinajstić information content (AvgIpc) is 2.78. The molecule has 1 rings (SSSR count).